The molecule has 0 bridgehead atoms. The molecule has 0 heterocycles. The van der Waals surface area contributed by atoms with Gasteiger partial charge in [-0.15, -0.1) is 0 Å². The maximum absolute atomic E-state index is 11.0. The minimum atomic E-state index is -0.403. The van der Waals surface area contributed by atoms with Gasteiger partial charge in [0.15, 0.2) is 0 Å². The van der Waals surface area contributed by atoms with E-state index in [1.54, 1.807) is 6.26 Å². The Morgan fingerprint density at radius 2 is 1.81 bits per heavy atom. The van der Waals surface area contributed by atoms with Gasteiger partial charge >= 0.3 is 5.97 Å². The summed E-state index contributed by atoms with van der Waals surface area (Å²) in [6.07, 6.45) is 9.21. The van der Waals surface area contributed by atoms with Crippen LogP contribution >= 0.6 is 0 Å². The highest BCUT2D eigenvalue weighted by molar-refractivity contribution is 5.81. The summed E-state index contributed by atoms with van der Waals surface area (Å²) in [6.45, 7) is 7.09. The van der Waals surface area contributed by atoms with E-state index in [2.05, 4.69) is 18.7 Å². The number of esters is 1. The summed E-state index contributed by atoms with van der Waals surface area (Å²) >= 11 is 0. The zero-order valence-corrected chi connectivity index (χ0v) is 16.1. The molecule has 0 saturated heterocycles. The molecule has 0 N–H and O–H groups in total. The van der Waals surface area contributed by atoms with E-state index < -0.39 is 5.97 Å². The van der Waals surface area contributed by atoms with Gasteiger partial charge in [0.25, 0.3) is 0 Å². The first-order valence-corrected chi connectivity index (χ1v) is 9.59. The predicted molar refractivity (Wildman–Crippen MR) is 105 cm³/mol. The molecule has 0 aromatic heterocycles. The van der Waals surface area contributed by atoms with Crippen molar-refractivity contribution in [2.45, 2.75) is 44.6 Å². The first-order valence-electron chi connectivity index (χ1n) is 9.59. The third kappa shape index (κ3) is 7.87. The quantitative estimate of drug-likeness (QED) is 0.249. The summed E-state index contributed by atoms with van der Waals surface area (Å²) < 4.78 is 21.6. The van der Waals surface area contributed by atoms with Gasteiger partial charge < -0.3 is 18.9 Å². The highest BCUT2D eigenvalue weighted by Gasteiger charge is 2.22. The molecule has 1 fully saturated rings. The van der Waals surface area contributed by atoms with E-state index >= 15 is 0 Å². The normalized spacial score (nSPS) is 19.6. The molecule has 27 heavy (non-hydrogen) atoms. The number of carbonyl (C=O) groups excluding carboxylic acids is 1. The number of hydrogen-bond donors (Lipinski definition) is 0. The Bertz CT molecular complexity index is 585. The van der Waals surface area contributed by atoms with Crippen molar-refractivity contribution in [1.29, 1.82) is 0 Å². The van der Waals surface area contributed by atoms with Gasteiger partial charge in [-0.1, -0.05) is 24.8 Å². The molecule has 148 valence electrons. The van der Waals surface area contributed by atoms with Gasteiger partial charge in [-0.25, -0.2) is 4.79 Å². The van der Waals surface area contributed by atoms with Crippen molar-refractivity contribution in [1.82, 2.24) is 0 Å². The van der Waals surface area contributed by atoms with Gasteiger partial charge in [0.05, 0.1) is 19.0 Å². The molecule has 0 spiro atoms. The molecule has 1 aliphatic carbocycles. The Morgan fingerprint density at radius 1 is 1.07 bits per heavy atom. The van der Waals surface area contributed by atoms with Crippen molar-refractivity contribution in [3.63, 3.8) is 0 Å². The minimum absolute atomic E-state index is 0.253. The third-order valence-corrected chi connectivity index (χ3v) is 4.58. The summed E-state index contributed by atoms with van der Waals surface area (Å²) in [5.74, 6) is 1.03. The highest BCUT2D eigenvalue weighted by atomic mass is 16.6. The van der Waals surface area contributed by atoms with E-state index in [4.69, 9.17) is 18.9 Å². The van der Waals surface area contributed by atoms with Gasteiger partial charge in [0.2, 0.25) is 0 Å². The molecule has 0 unspecified atom stereocenters. The fraction of sp³-hybridized carbons (Fsp3) is 0.500. The average Bonchev–Trinajstić information content (AvgIpc) is 2.72. The van der Waals surface area contributed by atoms with Crippen LogP contribution in [0.3, 0.4) is 0 Å². The number of hydrogen-bond acceptors (Lipinski definition) is 5. The first kappa shape index (κ1) is 21.0. The Hall–Kier alpha value is -2.27. The lowest BCUT2D eigenvalue weighted by molar-refractivity contribution is -0.140. The lowest BCUT2D eigenvalue weighted by atomic mass is 9.83. The molecule has 1 saturated carbocycles. The summed E-state index contributed by atoms with van der Waals surface area (Å²) in [4.78, 5) is 11.0. The van der Waals surface area contributed by atoms with Crippen LogP contribution in [0.15, 0.2) is 49.3 Å². The van der Waals surface area contributed by atoms with Crippen molar-refractivity contribution in [2.75, 3.05) is 26.4 Å². The molecule has 1 aliphatic rings. The van der Waals surface area contributed by atoms with Crippen molar-refractivity contribution < 1.29 is 23.7 Å². The van der Waals surface area contributed by atoms with E-state index in [1.807, 2.05) is 25.1 Å². The highest BCUT2D eigenvalue weighted by Crippen LogP contribution is 2.34. The summed E-state index contributed by atoms with van der Waals surface area (Å²) in [6, 6.07) is 8.37. The maximum atomic E-state index is 11.0. The van der Waals surface area contributed by atoms with Crippen LogP contribution in [0.4, 0.5) is 0 Å². The molecule has 2 rings (SSSR count). The fourth-order valence-electron chi connectivity index (χ4n) is 3.19. The minimum Gasteiger partial charge on any atom is -0.498 e. The van der Waals surface area contributed by atoms with Crippen LogP contribution in [0.25, 0.3) is 0 Å². The lowest BCUT2D eigenvalue weighted by Crippen LogP contribution is -2.23. The predicted octanol–water partition coefficient (Wildman–Crippen LogP) is 4.39. The largest absolute Gasteiger partial charge is 0.498 e. The second-order valence-corrected chi connectivity index (χ2v) is 6.47. The van der Waals surface area contributed by atoms with Crippen molar-refractivity contribution >= 4 is 5.97 Å². The molecule has 5 nitrogen and oxygen atoms in total. The Labute approximate surface area is 162 Å². The van der Waals surface area contributed by atoms with Crippen LogP contribution in [0.5, 0.6) is 5.75 Å². The van der Waals surface area contributed by atoms with Gasteiger partial charge in [0.1, 0.15) is 25.6 Å². The lowest BCUT2D eigenvalue weighted by Gasteiger charge is -2.29. The van der Waals surface area contributed by atoms with E-state index in [0.717, 1.165) is 31.4 Å². The molecular formula is C22H30O5. The van der Waals surface area contributed by atoms with Gasteiger partial charge in [-0.05, 0) is 56.2 Å². The summed E-state index contributed by atoms with van der Waals surface area (Å²) in [5, 5.41) is 0. The SMILES string of the molecule is C=CC(=O)OCCOC1CCC(c2ccc(OCCOC=CC)cc2)CC1. The maximum Gasteiger partial charge on any atom is 0.330 e. The molecule has 1 aromatic rings. The summed E-state index contributed by atoms with van der Waals surface area (Å²) in [5.41, 5.74) is 1.35. The van der Waals surface area contributed by atoms with Crippen LogP contribution in [-0.2, 0) is 19.0 Å². The molecule has 0 radical (unpaired) electrons. The number of ether oxygens (including phenoxy) is 4. The van der Waals surface area contributed by atoms with E-state index in [-0.39, 0.29) is 12.7 Å². The average molecular weight is 374 g/mol. The third-order valence-electron chi connectivity index (χ3n) is 4.58. The summed E-state index contributed by atoms with van der Waals surface area (Å²) in [7, 11) is 0. The Balaban J connectivity index is 1.65. The van der Waals surface area contributed by atoms with Crippen LogP contribution in [0, 0.1) is 0 Å². The Morgan fingerprint density at radius 3 is 2.48 bits per heavy atom. The topological polar surface area (TPSA) is 54.0 Å². The van der Waals surface area contributed by atoms with Crippen LogP contribution in [0.2, 0.25) is 0 Å². The van der Waals surface area contributed by atoms with Crippen molar-refractivity contribution in [3.05, 3.63) is 54.8 Å². The second-order valence-electron chi connectivity index (χ2n) is 6.47. The first-order chi connectivity index (χ1) is 13.2. The number of benzene rings is 1. The van der Waals surface area contributed by atoms with Crippen molar-refractivity contribution in [2.24, 2.45) is 0 Å². The van der Waals surface area contributed by atoms with Gasteiger partial charge in [-0.3, -0.25) is 0 Å². The fourth-order valence-corrected chi connectivity index (χ4v) is 3.19. The molecule has 1 aromatic carbocycles. The van der Waals surface area contributed by atoms with Crippen molar-refractivity contribution in [3.8, 4) is 5.75 Å². The van der Waals surface area contributed by atoms with Gasteiger partial charge in [0, 0.05) is 6.08 Å². The molecule has 0 aliphatic heterocycles. The van der Waals surface area contributed by atoms with Crippen LogP contribution in [-0.4, -0.2) is 38.5 Å². The molecule has 0 atom stereocenters. The van der Waals surface area contributed by atoms with Crippen LogP contribution < -0.4 is 4.74 Å². The standard InChI is InChI=1S/C22H30O5/c1-3-13-24-14-15-25-20-9-5-18(6-10-20)19-7-11-21(12-8-19)26-16-17-27-22(23)4-2/h3-6,9-10,13,19,21H,2,7-8,11-12,14-17H2,1H3. The Kier molecular flexibility index (Phi) is 9.49. The number of rotatable bonds is 11. The number of allylic oxidation sites excluding steroid dienone is 1. The van der Waals surface area contributed by atoms with E-state index in [0.29, 0.717) is 25.7 Å². The second kappa shape index (κ2) is 12.2. The van der Waals surface area contributed by atoms with Gasteiger partial charge in [-0.2, -0.15) is 0 Å². The zero-order valence-electron chi connectivity index (χ0n) is 16.1. The zero-order chi connectivity index (χ0) is 19.3. The monoisotopic (exact) mass is 374 g/mol. The smallest absolute Gasteiger partial charge is 0.330 e. The molecular weight excluding hydrogens is 344 g/mol. The molecule has 5 heteroatoms. The van der Waals surface area contributed by atoms with E-state index in [9.17, 15) is 4.79 Å². The molecule has 0 amide bonds. The van der Waals surface area contributed by atoms with Crippen LogP contribution in [0.1, 0.15) is 44.1 Å². The van der Waals surface area contributed by atoms with E-state index in [1.165, 1.54) is 11.6 Å². The number of carbonyl (C=O) groups is 1.